The summed E-state index contributed by atoms with van der Waals surface area (Å²) in [7, 11) is -3.91. The number of nitrogens with one attached hydrogen (secondary N) is 1. The van der Waals surface area contributed by atoms with Crippen LogP contribution >= 0.6 is 0 Å². The molecule has 0 spiro atoms. The van der Waals surface area contributed by atoms with Crippen LogP contribution in [0.1, 0.15) is 49.9 Å². The highest BCUT2D eigenvalue weighted by Gasteiger charge is 2.20. The zero-order valence-corrected chi connectivity index (χ0v) is 12.6. The van der Waals surface area contributed by atoms with Gasteiger partial charge in [-0.2, -0.15) is 0 Å². The zero-order chi connectivity index (χ0) is 15.2. The number of carbonyl (C=O) groups excluding carboxylic acids is 1. The molecule has 112 valence electrons. The maximum Gasteiger partial charge on any atom is 0.243 e. The fraction of sp³-hybridized carbons (Fsp3) is 0.500. The largest absolute Gasteiger partial charge is 0.294 e. The molecule has 0 aliphatic heterocycles. The average molecular weight is 301 g/mol. The first-order chi connectivity index (χ1) is 9.42. The Morgan fingerprint density at radius 3 is 2.55 bits per heavy atom. The summed E-state index contributed by atoms with van der Waals surface area (Å²) in [5.41, 5.74) is 0.211. The van der Waals surface area contributed by atoms with Crippen molar-refractivity contribution in [2.24, 2.45) is 0 Å². The van der Waals surface area contributed by atoms with E-state index < -0.39 is 20.7 Å². The molecule has 0 heterocycles. The Hall–Kier alpha value is -1.27. The monoisotopic (exact) mass is 301 g/mol. The Kier molecular flexibility index (Phi) is 6.29. The van der Waals surface area contributed by atoms with Crippen molar-refractivity contribution in [3.63, 3.8) is 0 Å². The van der Waals surface area contributed by atoms with Gasteiger partial charge in [0.15, 0.2) is 5.78 Å². The molecule has 0 fully saturated rings. The van der Waals surface area contributed by atoms with Crippen LogP contribution in [0.2, 0.25) is 0 Å². The molecule has 1 aromatic rings. The molecule has 0 amide bonds. The lowest BCUT2D eigenvalue weighted by molar-refractivity contribution is 0.0988. The van der Waals surface area contributed by atoms with Gasteiger partial charge in [-0.3, -0.25) is 4.79 Å². The van der Waals surface area contributed by atoms with Crippen molar-refractivity contribution < 1.29 is 17.6 Å². The normalized spacial score (nSPS) is 11.6. The second-order valence-corrected chi connectivity index (χ2v) is 6.26. The van der Waals surface area contributed by atoms with Crippen molar-refractivity contribution in [1.82, 2.24) is 4.72 Å². The molecular weight excluding hydrogens is 281 g/mol. The summed E-state index contributed by atoms with van der Waals surface area (Å²) >= 11 is 0. The van der Waals surface area contributed by atoms with Gasteiger partial charge in [0.25, 0.3) is 0 Å². The van der Waals surface area contributed by atoms with Gasteiger partial charge in [-0.15, -0.1) is 0 Å². The highest BCUT2D eigenvalue weighted by atomic mass is 32.2. The molecule has 4 nitrogen and oxygen atoms in total. The zero-order valence-electron chi connectivity index (χ0n) is 11.8. The first kappa shape index (κ1) is 16.8. The smallest absolute Gasteiger partial charge is 0.243 e. The fourth-order valence-corrected chi connectivity index (χ4v) is 2.92. The number of hydrogen-bond acceptors (Lipinski definition) is 3. The van der Waals surface area contributed by atoms with E-state index in [0.29, 0.717) is 6.42 Å². The maximum atomic E-state index is 13.7. The highest BCUT2D eigenvalue weighted by Crippen LogP contribution is 2.17. The molecule has 0 aromatic heterocycles. The van der Waals surface area contributed by atoms with Crippen molar-refractivity contribution in [2.75, 3.05) is 6.54 Å². The summed E-state index contributed by atoms with van der Waals surface area (Å²) < 4.78 is 40.1. The van der Waals surface area contributed by atoms with Crippen molar-refractivity contribution in [3.8, 4) is 0 Å². The van der Waals surface area contributed by atoms with E-state index in [1.54, 1.807) is 6.92 Å². The Bertz CT molecular complexity index is 570. The molecule has 0 aliphatic carbocycles. The van der Waals surface area contributed by atoms with Crippen LogP contribution < -0.4 is 4.72 Å². The molecule has 20 heavy (non-hydrogen) atoms. The molecular formula is C14H20FNO3S. The third-order valence-electron chi connectivity index (χ3n) is 2.94. The second kappa shape index (κ2) is 7.50. The van der Waals surface area contributed by atoms with Gasteiger partial charge >= 0.3 is 0 Å². The molecule has 1 aromatic carbocycles. The number of hydrogen-bond donors (Lipinski definition) is 1. The van der Waals surface area contributed by atoms with E-state index in [4.69, 9.17) is 0 Å². The van der Waals surface area contributed by atoms with E-state index in [2.05, 4.69) is 4.72 Å². The van der Waals surface area contributed by atoms with E-state index in [9.17, 15) is 17.6 Å². The standard InChI is InChI=1S/C14H20FNO3S/c1-3-5-6-9-16-20(18,19)14-10-11(13(17)4-2)7-8-12(14)15/h7-8,10,16H,3-6,9H2,1-2H3. The molecule has 0 aliphatic rings. The van der Waals surface area contributed by atoms with Crippen LogP contribution in [0.3, 0.4) is 0 Å². The minimum absolute atomic E-state index is 0.211. The molecule has 0 radical (unpaired) electrons. The molecule has 0 unspecified atom stereocenters. The number of ketones is 1. The van der Waals surface area contributed by atoms with Gasteiger partial charge in [0.1, 0.15) is 10.7 Å². The van der Waals surface area contributed by atoms with E-state index in [0.717, 1.165) is 25.0 Å². The van der Waals surface area contributed by atoms with Crippen molar-refractivity contribution in [1.29, 1.82) is 0 Å². The minimum atomic E-state index is -3.91. The Balaban J connectivity index is 2.96. The second-order valence-electron chi connectivity index (χ2n) is 4.53. The van der Waals surface area contributed by atoms with Crippen molar-refractivity contribution in [3.05, 3.63) is 29.6 Å². The summed E-state index contributed by atoms with van der Waals surface area (Å²) in [6, 6.07) is 3.42. The van der Waals surface area contributed by atoms with E-state index in [1.807, 2.05) is 6.92 Å². The molecule has 0 atom stereocenters. The summed E-state index contributed by atoms with van der Waals surface area (Å²) in [5.74, 6) is -1.06. The molecule has 0 saturated heterocycles. The van der Waals surface area contributed by atoms with Gasteiger partial charge in [-0.25, -0.2) is 17.5 Å². The topological polar surface area (TPSA) is 63.2 Å². The molecule has 1 rings (SSSR count). The third-order valence-corrected chi connectivity index (χ3v) is 4.41. The summed E-state index contributed by atoms with van der Waals surface area (Å²) in [6.45, 7) is 3.94. The van der Waals surface area contributed by atoms with Gasteiger partial charge in [0.2, 0.25) is 10.0 Å². The summed E-state index contributed by atoms with van der Waals surface area (Å²) in [6.07, 6.45) is 2.82. The number of benzene rings is 1. The lowest BCUT2D eigenvalue weighted by Crippen LogP contribution is -2.26. The first-order valence-corrected chi connectivity index (χ1v) is 8.23. The SMILES string of the molecule is CCCCCNS(=O)(=O)c1cc(C(=O)CC)ccc1F. The summed E-state index contributed by atoms with van der Waals surface area (Å²) in [4.78, 5) is 11.1. The first-order valence-electron chi connectivity index (χ1n) is 6.74. The van der Waals surface area contributed by atoms with Gasteiger partial charge < -0.3 is 0 Å². The van der Waals surface area contributed by atoms with Gasteiger partial charge in [0, 0.05) is 18.5 Å². The van der Waals surface area contributed by atoms with Gasteiger partial charge in [-0.1, -0.05) is 26.7 Å². The number of rotatable bonds is 8. The number of carbonyl (C=O) groups is 1. The Labute approximate surface area is 119 Å². The van der Waals surface area contributed by atoms with Gasteiger partial charge in [-0.05, 0) is 24.6 Å². The Morgan fingerprint density at radius 2 is 1.95 bits per heavy atom. The predicted molar refractivity (Wildman–Crippen MR) is 75.7 cm³/mol. The molecule has 6 heteroatoms. The predicted octanol–water partition coefficient (Wildman–Crippen LogP) is 2.89. The third kappa shape index (κ3) is 4.38. The quantitative estimate of drug-likeness (QED) is 0.593. The van der Waals surface area contributed by atoms with E-state index in [1.165, 1.54) is 6.07 Å². The number of unbranched alkanes of at least 4 members (excludes halogenated alkanes) is 2. The fourth-order valence-electron chi connectivity index (χ4n) is 1.75. The lowest BCUT2D eigenvalue weighted by atomic mass is 10.1. The van der Waals surface area contributed by atoms with E-state index in [-0.39, 0.29) is 24.3 Å². The van der Waals surface area contributed by atoms with Crippen molar-refractivity contribution in [2.45, 2.75) is 44.4 Å². The van der Waals surface area contributed by atoms with Crippen LogP contribution in [-0.4, -0.2) is 20.7 Å². The molecule has 1 N–H and O–H groups in total. The number of halogens is 1. The van der Waals surface area contributed by atoms with Gasteiger partial charge in [0.05, 0.1) is 0 Å². The van der Waals surface area contributed by atoms with Crippen LogP contribution in [0.25, 0.3) is 0 Å². The van der Waals surface area contributed by atoms with Crippen LogP contribution in [0.15, 0.2) is 23.1 Å². The summed E-state index contributed by atoms with van der Waals surface area (Å²) in [5, 5.41) is 0. The van der Waals surface area contributed by atoms with E-state index >= 15 is 0 Å². The maximum absolute atomic E-state index is 13.7. The highest BCUT2D eigenvalue weighted by molar-refractivity contribution is 7.89. The molecule has 0 saturated carbocycles. The Morgan fingerprint density at radius 1 is 1.25 bits per heavy atom. The molecule has 0 bridgehead atoms. The average Bonchev–Trinajstić information content (AvgIpc) is 2.43. The minimum Gasteiger partial charge on any atom is -0.294 e. The number of Topliss-reactive ketones (excluding diaryl/α,β-unsaturated/α-hetero) is 1. The van der Waals surface area contributed by atoms with Crippen LogP contribution in [-0.2, 0) is 10.0 Å². The van der Waals surface area contributed by atoms with Crippen LogP contribution in [0.4, 0.5) is 4.39 Å². The number of sulfonamides is 1. The van der Waals surface area contributed by atoms with Crippen molar-refractivity contribution >= 4 is 15.8 Å². The lowest BCUT2D eigenvalue weighted by Gasteiger charge is -2.09. The van der Waals surface area contributed by atoms with Crippen LogP contribution in [0.5, 0.6) is 0 Å². The van der Waals surface area contributed by atoms with Crippen LogP contribution in [0, 0.1) is 5.82 Å².